The van der Waals surface area contributed by atoms with Crippen LogP contribution < -0.4 is 5.32 Å². The molecule has 1 heterocycles. The third-order valence-corrected chi connectivity index (χ3v) is 5.03. The van der Waals surface area contributed by atoms with Crippen molar-refractivity contribution in [2.45, 2.75) is 66.0 Å². The van der Waals surface area contributed by atoms with Crippen LogP contribution in [0.5, 0.6) is 0 Å². The summed E-state index contributed by atoms with van der Waals surface area (Å²) in [6.45, 7) is 9.97. The monoisotopic (exact) mass is 252 g/mol. The molecule has 0 aromatic carbocycles. The molecule has 1 aliphatic carbocycles. The molecule has 1 aromatic heterocycles. The number of hydrogen-bond donors (Lipinski definition) is 1. The quantitative estimate of drug-likeness (QED) is 0.884. The van der Waals surface area contributed by atoms with E-state index in [4.69, 9.17) is 0 Å². The second-order valence-corrected chi connectivity index (χ2v) is 7.36. The topological polar surface area (TPSA) is 24.9 Å². The molecule has 0 radical (unpaired) electrons. The van der Waals surface area contributed by atoms with Gasteiger partial charge in [0.15, 0.2) is 0 Å². The first-order chi connectivity index (χ1) is 7.96. The van der Waals surface area contributed by atoms with Crippen LogP contribution in [0.25, 0.3) is 0 Å². The van der Waals surface area contributed by atoms with Gasteiger partial charge in [-0.1, -0.05) is 13.8 Å². The van der Waals surface area contributed by atoms with E-state index >= 15 is 0 Å². The molecule has 0 spiro atoms. The number of rotatable bonds is 3. The van der Waals surface area contributed by atoms with Gasteiger partial charge in [-0.2, -0.15) is 0 Å². The molecule has 17 heavy (non-hydrogen) atoms. The van der Waals surface area contributed by atoms with Crippen molar-refractivity contribution in [2.24, 2.45) is 5.41 Å². The normalized spacial score (nSPS) is 20.7. The van der Waals surface area contributed by atoms with Crippen molar-refractivity contribution in [1.29, 1.82) is 0 Å². The first kappa shape index (κ1) is 13.0. The van der Waals surface area contributed by atoms with Crippen LogP contribution in [0, 0.1) is 19.3 Å². The van der Waals surface area contributed by atoms with E-state index in [9.17, 15) is 0 Å². The molecule has 0 atom stereocenters. The molecular formula is C14H24N2S. The van der Waals surface area contributed by atoms with Crippen molar-refractivity contribution in [3.63, 3.8) is 0 Å². The largest absolute Gasteiger partial charge is 0.308 e. The van der Waals surface area contributed by atoms with Crippen molar-refractivity contribution >= 4 is 11.3 Å². The Morgan fingerprint density at radius 3 is 2.47 bits per heavy atom. The van der Waals surface area contributed by atoms with Crippen molar-refractivity contribution < 1.29 is 0 Å². The molecule has 0 saturated heterocycles. The van der Waals surface area contributed by atoms with E-state index < -0.39 is 0 Å². The lowest BCUT2D eigenvalue weighted by Gasteiger charge is -2.34. The number of aryl methyl sites for hydroxylation is 2. The van der Waals surface area contributed by atoms with Crippen LogP contribution in [0.15, 0.2) is 0 Å². The van der Waals surface area contributed by atoms with Gasteiger partial charge in [-0.3, -0.25) is 0 Å². The Labute approximate surface area is 109 Å². The summed E-state index contributed by atoms with van der Waals surface area (Å²) in [6, 6.07) is 0.701. The van der Waals surface area contributed by atoms with Gasteiger partial charge in [0.05, 0.1) is 5.69 Å². The van der Waals surface area contributed by atoms with Gasteiger partial charge in [0, 0.05) is 17.5 Å². The van der Waals surface area contributed by atoms with Gasteiger partial charge in [-0.05, 0) is 44.9 Å². The SMILES string of the molecule is Cc1nc(CNC2CCC(C)(C)CC2)sc1C. The van der Waals surface area contributed by atoms with E-state index in [1.807, 2.05) is 11.3 Å². The Morgan fingerprint density at radius 2 is 1.94 bits per heavy atom. The summed E-state index contributed by atoms with van der Waals surface area (Å²) >= 11 is 1.83. The van der Waals surface area contributed by atoms with Crippen LogP contribution in [0.3, 0.4) is 0 Å². The standard InChI is InChI=1S/C14H24N2S/c1-10-11(2)17-13(16-10)9-15-12-5-7-14(3,4)8-6-12/h12,15H,5-9H2,1-4H3. The van der Waals surface area contributed by atoms with E-state index in [2.05, 4.69) is 38.0 Å². The zero-order valence-corrected chi connectivity index (χ0v) is 12.3. The Morgan fingerprint density at radius 1 is 1.29 bits per heavy atom. The summed E-state index contributed by atoms with van der Waals surface area (Å²) in [6.07, 6.45) is 5.33. The van der Waals surface area contributed by atoms with Crippen LogP contribution in [-0.2, 0) is 6.54 Å². The lowest BCUT2D eigenvalue weighted by molar-refractivity contribution is 0.206. The smallest absolute Gasteiger partial charge is 0.107 e. The van der Waals surface area contributed by atoms with Crippen LogP contribution in [0.2, 0.25) is 0 Å². The molecule has 1 N–H and O–H groups in total. The molecule has 1 fully saturated rings. The average Bonchev–Trinajstić information content (AvgIpc) is 2.57. The molecule has 1 aliphatic rings. The molecule has 0 bridgehead atoms. The van der Waals surface area contributed by atoms with E-state index in [0.717, 1.165) is 6.54 Å². The van der Waals surface area contributed by atoms with Crippen molar-refractivity contribution in [2.75, 3.05) is 0 Å². The molecule has 0 unspecified atom stereocenters. The molecule has 3 heteroatoms. The highest BCUT2D eigenvalue weighted by molar-refractivity contribution is 7.11. The predicted octanol–water partition coefficient (Wildman–Crippen LogP) is 3.82. The van der Waals surface area contributed by atoms with Gasteiger partial charge < -0.3 is 5.32 Å². The van der Waals surface area contributed by atoms with Crippen molar-refractivity contribution in [3.8, 4) is 0 Å². The minimum Gasteiger partial charge on any atom is -0.308 e. The number of nitrogens with zero attached hydrogens (tertiary/aromatic N) is 1. The Kier molecular flexibility index (Phi) is 3.88. The van der Waals surface area contributed by atoms with Gasteiger partial charge in [0.1, 0.15) is 5.01 Å². The van der Waals surface area contributed by atoms with Gasteiger partial charge in [-0.25, -0.2) is 4.98 Å². The predicted molar refractivity (Wildman–Crippen MR) is 74.5 cm³/mol. The van der Waals surface area contributed by atoms with Gasteiger partial charge in [0.2, 0.25) is 0 Å². The lowest BCUT2D eigenvalue weighted by atomic mass is 9.75. The average molecular weight is 252 g/mol. The van der Waals surface area contributed by atoms with Crippen LogP contribution in [0.1, 0.15) is 55.1 Å². The summed E-state index contributed by atoms with van der Waals surface area (Å²) < 4.78 is 0. The number of nitrogens with one attached hydrogen (secondary N) is 1. The summed E-state index contributed by atoms with van der Waals surface area (Å²) in [7, 11) is 0. The Bertz CT molecular complexity index is 352. The zero-order chi connectivity index (χ0) is 12.5. The van der Waals surface area contributed by atoms with E-state index in [-0.39, 0.29) is 0 Å². The van der Waals surface area contributed by atoms with Gasteiger partial charge in [0.25, 0.3) is 0 Å². The maximum atomic E-state index is 4.58. The number of hydrogen-bond acceptors (Lipinski definition) is 3. The minimum absolute atomic E-state index is 0.562. The third kappa shape index (κ3) is 3.52. The summed E-state index contributed by atoms with van der Waals surface area (Å²) in [4.78, 5) is 5.93. The molecular weight excluding hydrogens is 228 g/mol. The number of thiazole rings is 1. The maximum Gasteiger partial charge on any atom is 0.107 e. The van der Waals surface area contributed by atoms with E-state index in [1.54, 1.807) is 0 Å². The fourth-order valence-corrected chi connectivity index (χ4v) is 3.33. The molecule has 1 aromatic rings. The fraction of sp³-hybridized carbons (Fsp3) is 0.786. The van der Waals surface area contributed by atoms with E-state index in [1.165, 1.54) is 41.3 Å². The van der Waals surface area contributed by atoms with Gasteiger partial charge in [-0.15, -0.1) is 11.3 Å². The highest BCUT2D eigenvalue weighted by Gasteiger charge is 2.26. The molecule has 1 saturated carbocycles. The van der Waals surface area contributed by atoms with Crippen LogP contribution in [0.4, 0.5) is 0 Å². The summed E-state index contributed by atoms with van der Waals surface area (Å²) in [5.41, 5.74) is 1.75. The first-order valence-corrected chi connectivity index (χ1v) is 7.44. The van der Waals surface area contributed by atoms with Crippen molar-refractivity contribution in [1.82, 2.24) is 10.3 Å². The Balaban J connectivity index is 1.79. The molecule has 96 valence electrons. The lowest BCUT2D eigenvalue weighted by Crippen LogP contribution is -2.35. The summed E-state index contributed by atoms with van der Waals surface area (Å²) in [5.74, 6) is 0. The van der Waals surface area contributed by atoms with E-state index in [0.29, 0.717) is 11.5 Å². The molecule has 0 aliphatic heterocycles. The minimum atomic E-state index is 0.562. The molecule has 2 rings (SSSR count). The van der Waals surface area contributed by atoms with Crippen LogP contribution >= 0.6 is 11.3 Å². The number of aromatic nitrogens is 1. The summed E-state index contributed by atoms with van der Waals surface area (Å²) in [5, 5.41) is 4.90. The highest BCUT2D eigenvalue weighted by atomic mass is 32.1. The maximum absolute atomic E-state index is 4.58. The third-order valence-electron chi connectivity index (χ3n) is 3.95. The van der Waals surface area contributed by atoms with Crippen LogP contribution in [-0.4, -0.2) is 11.0 Å². The molecule has 2 nitrogen and oxygen atoms in total. The fourth-order valence-electron chi connectivity index (χ4n) is 2.45. The zero-order valence-electron chi connectivity index (χ0n) is 11.5. The highest BCUT2D eigenvalue weighted by Crippen LogP contribution is 2.35. The second kappa shape index (κ2) is 5.07. The first-order valence-electron chi connectivity index (χ1n) is 6.62. The molecule has 0 amide bonds. The van der Waals surface area contributed by atoms with Gasteiger partial charge >= 0.3 is 0 Å². The Hall–Kier alpha value is -0.410. The van der Waals surface area contributed by atoms with Crippen molar-refractivity contribution in [3.05, 3.63) is 15.6 Å². The second-order valence-electron chi connectivity index (χ2n) is 6.07.